The molecule has 0 spiro atoms. The lowest BCUT2D eigenvalue weighted by molar-refractivity contribution is -0.119. The van der Waals surface area contributed by atoms with Crippen molar-refractivity contribution in [3.05, 3.63) is 65.0 Å². The van der Waals surface area contributed by atoms with Gasteiger partial charge < -0.3 is 15.4 Å². The van der Waals surface area contributed by atoms with Gasteiger partial charge in [0.2, 0.25) is 5.91 Å². The van der Waals surface area contributed by atoms with Crippen LogP contribution in [0.15, 0.2) is 42.5 Å². The number of ether oxygens (including phenoxy) is 1. The Morgan fingerprint density at radius 2 is 2.00 bits per heavy atom. The Morgan fingerprint density at radius 3 is 2.71 bits per heavy atom. The Labute approximate surface area is 140 Å². The second kappa shape index (κ2) is 8.65. The minimum absolute atomic E-state index is 0.0307. The Hall–Kier alpha value is -2.91. The van der Waals surface area contributed by atoms with Crippen molar-refractivity contribution in [2.24, 2.45) is 0 Å². The van der Waals surface area contributed by atoms with Crippen molar-refractivity contribution >= 4 is 11.6 Å². The molecule has 6 heteroatoms. The third-order valence-corrected chi connectivity index (χ3v) is 3.43. The lowest BCUT2D eigenvalue weighted by Gasteiger charge is -2.11. The van der Waals surface area contributed by atoms with Crippen molar-refractivity contribution in [2.75, 3.05) is 19.0 Å². The number of carbonyl (C=O) groups excluding carboxylic acids is 1. The highest BCUT2D eigenvalue weighted by Gasteiger charge is 2.06. The van der Waals surface area contributed by atoms with E-state index >= 15 is 0 Å². The molecule has 0 saturated carbocycles. The number of rotatable bonds is 7. The van der Waals surface area contributed by atoms with E-state index < -0.39 is 5.82 Å². The van der Waals surface area contributed by atoms with E-state index in [4.69, 9.17) is 10.00 Å². The van der Waals surface area contributed by atoms with Gasteiger partial charge in [0, 0.05) is 19.3 Å². The summed E-state index contributed by atoms with van der Waals surface area (Å²) in [6, 6.07) is 13.5. The SMILES string of the molecule is COCc1ccccc1CNC(=O)CNc1ccc(F)c(C#N)c1. The quantitative estimate of drug-likeness (QED) is 0.820. The monoisotopic (exact) mass is 327 g/mol. The first-order chi connectivity index (χ1) is 11.6. The molecule has 0 radical (unpaired) electrons. The van der Waals surface area contributed by atoms with Gasteiger partial charge in [-0.05, 0) is 29.3 Å². The van der Waals surface area contributed by atoms with E-state index in [1.807, 2.05) is 24.3 Å². The van der Waals surface area contributed by atoms with Crippen molar-refractivity contribution < 1.29 is 13.9 Å². The van der Waals surface area contributed by atoms with E-state index in [9.17, 15) is 9.18 Å². The van der Waals surface area contributed by atoms with Gasteiger partial charge in [-0.15, -0.1) is 0 Å². The number of carbonyl (C=O) groups is 1. The molecule has 24 heavy (non-hydrogen) atoms. The summed E-state index contributed by atoms with van der Waals surface area (Å²) in [5.74, 6) is -0.785. The van der Waals surface area contributed by atoms with Crippen LogP contribution < -0.4 is 10.6 Å². The molecule has 0 aliphatic carbocycles. The maximum Gasteiger partial charge on any atom is 0.239 e. The predicted molar refractivity (Wildman–Crippen MR) is 88.6 cm³/mol. The topological polar surface area (TPSA) is 74.2 Å². The molecular weight excluding hydrogens is 309 g/mol. The van der Waals surface area contributed by atoms with Crippen LogP contribution in [0.3, 0.4) is 0 Å². The molecule has 0 aliphatic heterocycles. The van der Waals surface area contributed by atoms with Gasteiger partial charge in [-0.25, -0.2) is 4.39 Å². The predicted octanol–water partition coefficient (Wildman–Crippen LogP) is 2.57. The summed E-state index contributed by atoms with van der Waals surface area (Å²) in [5.41, 5.74) is 2.46. The average Bonchev–Trinajstić information content (AvgIpc) is 2.60. The lowest BCUT2D eigenvalue weighted by Crippen LogP contribution is -2.29. The molecule has 0 atom stereocenters. The fourth-order valence-electron chi connectivity index (χ4n) is 2.19. The number of amides is 1. The number of hydrogen-bond acceptors (Lipinski definition) is 4. The van der Waals surface area contributed by atoms with Crippen molar-refractivity contribution in [2.45, 2.75) is 13.2 Å². The molecule has 2 rings (SSSR count). The average molecular weight is 327 g/mol. The minimum atomic E-state index is -0.581. The number of hydrogen-bond donors (Lipinski definition) is 2. The fourth-order valence-corrected chi connectivity index (χ4v) is 2.19. The number of methoxy groups -OCH3 is 1. The number of benzene rings is 2. The summed E-state index contributed by atoms with van der Waals surface area (Å²) in [6.45, 7) is 0.909. The zero-order valence-corrected chi connectivity index (χ0v) is 13.3. The minimum Gasteiger partial charge on any atom is -0.380 e. The van der Waals surface area contributed by atoms with Gasteiger partial charge in [-0.2, -0.15) is 5.26 Å². The smallest absolute Gasteiger partial charge is 0.239 e. The summed E-state index contributed by atoms with van der Waals surface area (Å²) in [7, 11) is 1.62. The zero-order chi connectivity index (χ0) is 17.4. The summed E-state index contributed by atoms with van der Waals surface area (Å²) in [5, 5.41) is 14.5. The van der Waals surface area contributed by atoms with E-state index in [-0.39, 0.29) is 18.0 Å². The molecule has 0 aromatic heterocycles. The van der Waals surface area contributed by atoms with Crippen LogP contribution in [0.5, 0.6) is 0 Å². The van der Waals surface area contributed by atoms with Gasteiger partial charge in [0.05, 0.1) is 18.7 Å². The first kappa shape index (κ1) is 17.4. The largest absolute Gasteiger partial charge is 0.380 e. The Bertz CT molecular complexity index is 756. The molecule has 0 bridgehead atoms. The highest BCUT2D eigenvalue weighted by molar-refractivity contribution is 5.80. The van der Waals surface area contributed by atoms with Gasteiger partial charge in [0.25, 0.3) is 0 Å². The van der Waals surface area contributed by atoms with Crippen molar-refractivity contribution in [3.8, 4) is 6.07 Å². The summed E-state index contributed by atoms with van der Waals surface area (Å²) >= 11 is 0. The zero-order valence-electron chi connectivity index (χ0n) is 13.3. The van der Waals surface area contributed by atoms with Crippen LogP contribution in [0.2, 0.25) is 0 Å². The molecule has 0 saturated heterocycles. The Balaban J connectivity index is 1.87. The van der Waals surface area contributed by atoms with Crippen LogP contribution in [0.1, 0.15) is 16.7 Å². The van der Waals surface area contributed by atoms with E-state index in [2.05, 4.69) is 10.6 Å². The molecule has 2 aromatic rings. The lowest BCUT2D eigenvalue weighted by atomic mass is 10.1. The molecular formula is C18H18FN3O2. The number of halogens is 1. The molecule has 5 nitrogen and oxygen atoms in total. The summed E-state index contributed by atoms with van der Waals surface area (Å²) in [6.07, 6.45) is 0. The first-order valence-corrected chi connectivity index (χ1v) is 7.40. The van der Waals surface area contributed by atoms with E-state index in [0.717, 1.165) is 11.1 Å². The highest BCUT2D eigenvalue weighted by atomic mass is 19.1. The second-order valence-corrected chi connectivity index (χ2v) is 5.14. The third-order valence-electron chi connectivity index (χ3n) is 3.43. The molecule has 1 amide bonds. The number of nitriles is 1. The third kappa shape index (κ3) is 4.80. The van der Waals surface area contributed by atoms with E-state index in [1.54, 1.807) is 13.2 Å². The summed E-state index contributed by atoms with van der Waals surface area (Å²) in [4.78, 5) is 11.9. The summed E-state index contributed by atoms with van der Waals surface area (Å²) < 4.78 is 18.4. The molecule has 0 heterocycles. The van der Waals surface area contributed by atoms with Crippen LogP contribution in [0.4, 0.5) is 10.1 Å². The van der Waals surface area contributed by atoms with Gasteiger partial charge in [0.1, 0.15) is 11.9 Å². The van der Waals surface area contributed by atoms with Crippen LogP contribution in [-0.4, -0.2) is 19.6 Å². The molecule has 0 unspecified atom stereocenters. The van der Waals surface area contributed by atoms with Crippen molar-refractivity contribution in [1.29, 1.82) is 5.26 Å². The van der Waals surface area contributed by atoms with Crippen molar-refractivity contribution in [1.82, 2.24) is 5.32 Å². The second-order valence-electron chi connectivity index (χ2n) is 5.14. The maximum atomic E-state index is 13.2. The van der Waals surface area contributed by atoms with Crippen LogP contribution >= 0.6 is 0 Å². The van der Waals surface area contributed by atoms with E-state index in [1.165, 1.54) is 18.2 Å². The Morgan fingerprint density at radius 1 is 1.25 bits per heavy atom. The maximum absolute atomic E-state index is 13.2. The molecule has 0 fully saturated rings. The molecule has 2 N–H and O–H groups in total. The van der Waals surface area contributed by atoms with Crippen LogP contribution in [0.25, 0.3) is 0 Å². The fraction of sp³-hybridized carbons (Fsp3) is 0.222. The number of nitrogens with one attached hydrogen (secondary N) is 2. The van der Waals surface area contributed by atoms with Crippen LogP contribution in [0, 0.1) is 17.1 Å². The standard InChI is InChI=1S/C18H18FN3O2/c1-24-12-14-5-3-2-4-13(14)10-22-18(23)11-21-16-6-7-17(19)15(8-16)9-20/h2-8,21H,10-12H2,1H3,(H,22,23). The molecule has 0 aliphatic rings. The van der Waals surface area contributed by atoms with E-state index in [0.29, 0.717) is 18.8 Å². The van der Waals surface area contributed by atoms with Gasteiger partial charge in [-0.3, -0.25) is 4.79 Å². The van der Waals surface area contributed by atoms with Gasteiger partial charge >= 0.3 is 0 Å². The molecule has 124 valence electrons. The molecule has 2 aromatic carbocycles. The first-order valence-electron chi connectivity index (χ1n) is 7.40. The van der Waals surface area contributed by atoms with Gasteiger partial charge in [-0.1, -0.05) is 24.3 Å². The Kier molecular flexibility index (Phi) is 6.29. The highest BCUT2D eigenvalue weighted by Crippen LogP contribution is 2.13. The van der Waals surface area contributed by atoms with Gasteiger partial charge in [0.15, 0.2) is 0 Å². The van der Waals surface area contributed by atoms with Crippen LogP contribution in [-0.2, 0) is 22.7 Å². The number of nitrogens with zero attached hydrogens (tertiary/aromatic N) is 1. The number of anilines is 1. The van der Waals surface area contributed by atoms with Crippen molar-refractivity contribution in [3.63, 3.8) is 0 Å². The normalized spacial score (nSPS) is 10.0.